The molecule has 1 atom stereocenters. The predicted octanol–water partition coefficient (Wildman–Crippen LogP) is 1.29. The number of pyridine rings is 1. The molecule has 4 nitrogen and oxygen atoms in total. The lowest BCUT2D eigenvalue weighted by molar-refractivity contribution is 0.0757. The molecule has 0 aliphatic carbocycles. The van der Waals surface area contributed by atoms with E-state index in [2.05, 4.69) is 11.9 Å². The maximum Gasteiger partial charge on any atom is 0.272 e. The van der Waals surface area contributed by atoms with Crippen molar-refractivity contribution >= 4 is 34.9 Å². The van der Waals surface area contributed by atoms with Gasteiger partial charge >= 0.3 is 0 Å². The maximum atomic E-state index is 12.2. The Hall–Kier alpha value is -1.14. The number of hydrogen-bond donors (Lipinski definition) is 1. The van der Waals surface area contributed by atoms with Crippen molar-refractivity contribution in [2.75, 3.05) is 18.8 Å². The van der Waals surface area contributed by atoms with Crippen LogP contribution in [0.5, 0.6) is 0 Å². The van der Waals surface area contributed by atoms with Gasteiger partial charge in [-0.25, -0.2) is 0 Å². The Balaban J connectivity index is 2.10. The van der Waals surface area contributed by atoms with E-state index in [4.69, 9.17) is 18.0 Å². The number of amides is 1. The Labute approximate surface area is 116 Å². The summed E-state index contributed by atoms with van der Waals surface area (Å²) in [6.07, 6.45) is 1.55. The molecule has 1 saturated heterocycles. The summed E-state index contributed by atoms with van der Waals surface area (Å²) in [6, 6.07) is 3.42. The quantitative estimate of drug-likeness (QED) is 0.828. The van der Waals surface area contributed by atoms with Crippen LogP contribution >= 0.6 is 24.0 Å². The van der Waals surface area contributed by atoms with E-state index in [1.807, 2.05) is 16.7 Å². The minimum atomic E-state index is -0.0170. The van der Waals surface area contributed by atoms with E-state index < -0.39 is 0 Å². The molecule has 18 heavy (non-hydrogen) atoms. The monoisotopic (exact) mass is 281 g/mol. The third-order valence-electron chi connectivity index (χ3n) is 2.80. The summed E-state index contributed by atoms with van der Waals surface area (Å²) < 4.78 is 0. The van der Waals surface area contributed by atoms with Crippen molar-refractivity contribution in [2.45, 2.75) is 12.2 Å². The second-order valence-electron chi connectivity index (χ2n) is 4.23. The third-order valence-corrected chi connectivity index (χ3v) is 4.17. The molecular weight excluding hydrogens is 266 g/mol. The van der Waals surface area contributed by atoms with Gasteiger partial charge in [0, 0.05) is 35.9 Å². The second-order valence-corrected chi connectivity index (χ2v) is 6.22. The number of carbonyl (C=O) groups excluding carboxylic acids is 1. The fourth-order valence-electron chi connectivity index (χ4n) is 1.83. The van der Waals surface area contributed by atoms with Gasteiger partial charge in [-0.1, -0.05) is 19.1 Å². The van der Waals surface area contributed by atoms with E-state index in [1.54, 1.807) is 18.3 Å². The van der Waals surface area contributed by atoms with E-state index in [-0.39, 0.29) is 5.91 Å². The van der Waals surface area contributed by atoms with Gasteiger partial charge in [0.25, 0.3) is 5.91 Å². The van der Waals surface area contributed by atoms with Crippen molar-refractivity contribution in [3.63, 3.8) is 0 Å². The number of rotatable bonds is 2. The zero-order valence-corrected chi connectivity index (χ0v) is 11.8. The first-order valence-corrected chi connectivity index (χ1v) is 7.20. The smallest absolute Gasteiger partial charge is 0.272 e. The predicted molar refractivity (Wildman–Crippen MR) is 77.9 cm³/mol. The Morgan fingerprint density at radius 1 is 1.61 bits per heavy atom. The molecule has 1 fully saturated rings. The summed E-state index contributed by atoms with van der Waals surface area (Å²) in [6.45, 7) is 3.70. The largest absolute Gasteiger partial charge is 0.389 e. The molecule has 0 bridgehead atoms. The van der Waals surface area contributed by atoms with Crippen LogP contribution in [-0.4, -0.2) is 44.9 Å². The second kappa shape index (κ2) is 5.67. The van der Waals surface area contributed by atoms with Crippen LogP contribution in [-0.2, 0) is 0 Å². The Morgan fingerprint density at radius 3 is 2.94 bits per heavy atom. The molecular formula is C12H15N3OS2. The van der Waals surface area contributed by atoms with Crippen LogP contribution in [0.3, 0.4) is 0 Å². The lowest BCUT2D eigenvalue weighted by atomic mass is 10.2. The van der Waals surface area contributed by atoms with E-state index in [1.165, 1.54) is 0 Å². The first-order chi connectivity index (χ1) is 8.58. The van der Waals surface area contributed by atoms with Crippen molar-refractivity contribution in [1.29, 1.82) is 0 Å². The fourth-order valence-corrected chi connectivity index (χ4v) is 2.97. The van der Waals surface area contributed by atoms with Gasteiger partial charge in [0.1, 0.15) is 10.7 Å². The fraction of sp³-hybridized carbons (Fsp3) is 0.417. The minimum Gasteiger partial charge on any atom is -0.389 e. The molecule has 1 aliphatic rings. The molecule has 1 aliphatic heterocycles. The zero-order valence-electron chi connectivity index (χ0n) is 10.1. The number of nitrogens with zero attached hydrogens (tertiary/aromatic N) is 2. The lowest BCUT2D eigenvalue weighted by Gasteiger charge is -2.30. The van der Waals surface area contributed by atoms with Gasteiger partial charge in [0.2, 0.25) is 0 Å². The van der Waals surface area contributed by atoms with Crippen molar-refractivity contribution in [3.8, 4) is 0 Å². The van der Waals surface area contributed by atoms with Crippen LogP contribution in [0.2, 0.25) is 0 Å². The molecule has 1 amide bonds. The van der Waals surface area contributed by atoms with Crippen molar-refractivity contribution in [2.24, 2.45) is 5.73 Å². The average Bonchev–Trinajstić information content (AvgIpc) is 2.38. The van der Waals surface area contributed by atoms with Crippen LogP contribution < -0.4 is 5.73 Å². The van der Waals surface area contributed by atoms with Gasteiger partial charge in [0.15, 0.2) is 0 Å². The molecule has 0 radical (unpaired) electrons. The SMILES string of the molecule is CC1CN(C(=O)c2ccc(C(N)=S)cn2)CCS1. The number of thioether (sulfide) groups is 1. The minimum absolute atomic E-state index is 0.0170. The number of carbonyl (C=O) groups is 1. The number of thiocarbonyl (C=S) groups is 1. The third kappa shape index (κ3) is 3.00. The van der Waals surface area contributed by atoms with E-state index in [9.17, 15) is 4.79 Å². The van der Waals surface area contributed by atoms with Crippen LogP contribution in [0.15, 0.2) is 18.3 Å². The van der Waals surface area contributed by atoms with E-state index in [0.29, 0.717) is 21.5 Å². The molecule has 6 heteroatoms. The molecule has 0 aromatic carbocycles. The number of nitrogens with two attached hydrogens (primary N) is 1. The van der Waals surface area contributed by atoms with Crippen molar-refractivity contribution in [1.82, 2.24) is 9.88 Å². The summed E-state index contributed by atoms with van der Waals surface area (Å²) in [5, 5.41) is 0.485. The molecule has 1 unspecified atom stereocenters. The first-order valence-electron chi connectivity index (χ1n) is 5.74. The molecule has 2 N–H and O–H groups in total. The van der Waals surface area contributed by atoms with Crippen LogP contribution in [0.4, 0.5) is 0 Å². The summed E-state index contributed by atoms with van der Waals surface area (Å²) in [7, 11) is 0. The van der Waals surface area contributed by atoms with Gasteiger partial charge in [-0.05, 0) is 12.1 Å². The summed E-state index contributed by atoms with van der Waals surface area (Å²) in [5.74, 6) is 0.967. The standard InChI is InChI=1S/C12H15N3OS2/c1-8-7-15(4-5-18-8)12(16)10-3-2-9(6-14-10)11(13)17/h2-3,6,8H,4-5,7H2,1H3,(H2,13,17). The summed E-state index contributed by atoms with van der Waals surface area (Å²) >= 11 is 6.74. The highest BCUT2D eigenvalue weighted by molar-refractivity contribution is 7.99. The molecule has 96 valence electrons. The topological polar surface area (TPSA) is 59.2 Å². The summed E-state index contributed by atoms with van der Waals surface area (Å²) in [5.41, 5.74) is 6.63. The average molecular weight is 281 g/mol. The van der Waals surface area contributed by atoms with Gasteiger partial charge in [-0.15, -0.1) is 0 Å². The molecule has 1 aromatic heterocycles. The Morgan fingerprint density at radius 2 is 2.39 bits per heavy atom. The van der Waals surface area contributed by atoms with E-state index >= 15 is 0 Å². The Bertz CT molecular complexity index is 461. The van der Waals surface area contributed by atoms with Gasteiger partial charge in [-0.3, -0.25) is 9.78 Å². The summed E-state index contributed by atoms with van der Waals surface area (Å²) in [4.78, 5) is 18.5. The van der Waals surface area contributed by atoms with Crippen LogP contribution in [0, 0.1) is 0 Å². The highest BCUT2D eigenvalue weighted by atomic mass is 32.2. The number of aromatic nitrogens is 1. The van der Waals surface area contributed by atoms with Crippen molar-refractivity contribution < 1.29 is 4.79 Å². The highest BCUT2D eigenvalue weighted by Crippen LogP contribution is 2.19. The van der Waals surface area contributed by atoms with Gasteiger partial charge in [0.05, 0.1) is 0 Å². The normalized spacial score (nSPS) is 19.6. The zero-order chi connectivity index (χ0) is 13.1. The lowest BCUT2D eigenvalue weighted by Crippen LogP contribution is -2.41. The van der Waals surface area contributed by atoms with Gasteiger partial charge < -0.3 is 10.6 Å². The number of hydrogen-bond acceptors (Lipinski definition) is 4. The van der Waals surface area contributed by atoms with Crippen LogP contribution in [0.25, 0.3) is 0 Å². The van der Waals surface area contributed by atoms with Gasteiger partial charge in [-0.2, -0.15) is 11.8 Å². The van der Waals surface area contributed by atoms with E-state index in [0.717, 1.165) is 18.8 Å². The molecule has 2 heterocycles. The maximum absolute atomic E-state index is 12.2. The molecule has 1 aromatic rings. The first kappa shape index (κ1) is 13.3. The highest BCUT2D eigenvalue weighted by Gasteiger charge is 2.23. The Kier molecular flexibility index (Phi) is 4.19. The molecule has 0 saturated carbocycles. The van der Waals surface area contributed by atoms with Crippen molar-refractivity contribution in [3.05, 3.63) is 29.6 Å². The molecule has 2 rings (SSSR count). The molecule has 0 spiro atoms. The van der Waals surface area contributed by atoms with Crippen LogP contribution in [0.1, 0.15) is 23.0 Å².